The predicted octanol–water partition coefficient (Wildman–Crippen LogP) is 3.76. The largest absolute Gasteiger partial charge is 0.492 e. The summed E-state index contributed by atoms with van der Waals surface area (Å²) in [6, 6.07) is 7.98. The van der Waals surface area contributed by atoms with Crippen LogP contribution in [0.3, 0.4) is 0 Å². The second-order valence-corrected chi connectivity index (χ2v) is 5.26. The van der Waals surface area contributed by atoms with Crippen molar-refractivity contribution in [1.29, 1.82) is 0 Å². The zero-order chi connectivity index (χ0) is 14.5. The van der Waals surface area contributed by atoms with Crippen LogP contribution in [-0.2, 0) is 20.0 Å². The number of nitrogens with zero attached hydrogens (tertiary/aromatic N) is 2. The van der Waals surface area contributed by atoms with E-state index >= 15 is 0 Å². The minimum Gasteiger partial charge on any atom is -0.492 e. The highest BCUT2D eigenvalue weighted by Crippen LogP contribution is 2.26. The second kappa shape index (κ2) is 6.79. The molecule has 0 atom stereocenters. The number of anilines is 1. The number of rotatable bonds is 6. The molecule has 1 aromatic heterocycles. The lowest BCUT2D eigenvalue weighted by atomic mass is 10.2. The number of ether oxygens (including phenoxy) is 1. The molecule has 0 spiro atoms. The Morgan fingerprint density at radius 3 is 2.70 bits per heavy atom. The van der Waals surface area contributed by atoms with Crippen LogP contribution in [0, 0.1) is 0 Å². The van der Waals surface area contributed by atoms with Crippen molar-refractivity contribution in [2.45, 2.75) is 26.8 Å². The third-order valence-electron chi connectivity index (χ3n) is 3.14. The number of aryl methyl sites for hydroxylation is 2. The lowest BCUT2D eigenvalue weighted by Gasteiger charge is -2.12. The van der Waals surface area contributed by atoms with Crippen LogP contribution in [0.15, 0.2) is 28.7 Å². The van der Waals surface area contributed by atoms with Crippen molar-refractivity contribution >= 4 is 21.6 Å². The molecule has 0 radical (unpaired) electrons. The first kappa shape index (κ1) is 14.9. The van der Waals surface area contributed by atoms with Crippen LogP contribution in [0.25, 0.3) is 0 Å². The van der Waals surface area contributed by atoms with Crippen LogP contribution in [0.2, 0.25) is 0 Å². The van der Waals surface area contributed by atoms with Crippen molar-refractivity contribution in [3.63, 3.8) is 0 Å². The van der Waals surface area contributed by atoms with Gasteiger partial charge < -0.3 is 10.1 Å². The molecule has 2 rings (SSSR count). The second-order valence-electron chi connectivity index (χ2n) is 4.47. The molecule has 0 aliphatic heterocycles. The van der Waals surface area contributed by atoms with Gasteiger partial charge in [-0.15, -0.1) is 0 Å². The summed E-state index contributed by atoms with van der Waals surface area (Å²) in [6.07, 6.45) is 0.921. The van der Waals surface area contributed by atoms with Gasteiger partial charge in [-0.25, -0.2) is 0 Å². The van der Waals surface area contributed by atoms with E-state index in [-0.39, 0.29) is 0 Å². The molecule has 108 valence electrons. The fourth-order valence-corrected chi connectivity index (χ4v) is 2.84. The van der Waals surface area contributed by atoms with E-state index in [9.17, 15) is 0 Å². The van der Waals surface area contributed by atoms with E-state index in [0.717, 1.165) is 33.7 Å². The SMILES string of the molecule is CCOc1ccccc1NCc1c(Br)c(CC)nn1C. The molecule has 1 N–H and O–H groups in total. The highest BCUT2D eigenvalue weighted by molar-refractivity contribution is 9.10. The first-order valence-corrected chi connectivity index (χ1v) is 7.62. The number of hydrogen-bond acceptors (Lipinski definition) is 3. The van der Waals surface area contributed by atoms with Crippen LogP contribution < -0.4 is 10.1 Å². The summed E-state index contributed by atoms with van der Waals surface area (Å²) >= 11 is 3.63. The Morgan fingerprint density at radius 1 is 1.30 bits per heavy atom. The monoisotopic (exact) mass is 337 g/mol. The van der Waals surface area contributed by atoms with E-state index < -0.39 is 0 Å². The zero-order valence-electron chi connectivity index (χ0n) is 12.1. The standard InChI is InChI=1S/C15H20BrN3O/c1-4-11-15(16)13(19(3)18-11)10-17-12-8-6-7-9-14(12)20-5-2/h6-9,17H,4-5,10H2,1-3H3. The number of aromatic nitrogens is 2. The number of nitrogens with one attached hydrogen (secondary N) is 1. The van der Waals surface area contributed by atoms with Gasteiger partial charge in [0, 0.05) is 7.05 Å². The van der Waals surface area contributed by atoms with Gasteiger partial charge in [0.05, 0.1) is 34.7 Å². The van der Waals surface area contributed by atoms with Crippen molar-refractivity contribution in [3.05, 3.63) is 40.1 Å². The summed E-state index contributed by atoms with van der Waals surface area (Å²) in [6.45, 7) is 5.46. The molecular weight excluding hydrogens is 318 g/mol. The number of para-hydroxylation sites is 2. The molecule has 1 heterocycles. The van der Waals surface area contributed by atoms with Crippen molar-refractivity contribution in [3.8, 4) is 5.75 Å². The maximum Gasteiger partial charge on any atom is 0.142 e. The fourth-order valence-electron chi connectivity index (χ4n) is 2.08. The molecule has 0 unspecified atom stereocenters. The van der Waals surface area contributed by atoms with Crippen LogP contribution in [0.5, 0.6) is 5.75 Å². The zero-order valence-corrected chi connectivity index (χ0v) is 13.7. The summed E-state index contributed by atoms with van der Waals surface area (Å²) in [5.74, 6) is 0.879. The number of benzene rings is 1. The Bertz CT molecular complexity index is 580. The lowest BCUT2D eigenvalue weighted by molar-refractivity contribution is 0.341. The third-order valence-corrected chi connectivity index (χ3v) is 4.05. The van der Waals surface area contributed by atoms with Gasteiger partial charge in [0.2, 0.25) is 0 Å². The molecule has 0 aliphatic rings. The summed E-state index contributed by atoms with van der Waals surface area (Å²) in [4.78, 5) is 0. The average molecular weight is 338 g/mol. The quantitative estimate of drug-likeness (QED) is 0.872. The molecule has 0 saturated carbocycles. The molecule has 2 aromatic rings. The van der Waals surface area contributed by atoms with E-state index in [1.165, 1.54) is 0 Å². The van der Waals surface area contributed by atoms with Gasteiger partial charge in [-0.2, -0.15) is 5.10 Å². The van der Waals surface area contributed by atoms with Gasteiger partial charge >= 0.3 is 0 Å². The summed E-state index contributed by atoms with van der Waals surface area (Å²) < 4.78 is 8.62. The Kier molecular flexibility index (Phi) is 5.06. The van der Waals surface area contributed by atoms with Gasteiger partial charge in [-0.3, -0.25) is 4.68 Å². The van der Waals surface area contributed by atoms with Crippen LogP contribution in [-0.4, -0.2) is 16.4 Å². The molecule has 20 heavy (non-hydrogen) atoms. The van der Waals surface area contributed by atoms with Crippen molar-refractivity contribution < 1.29 is 4.74 Å². The van der Waals surface area contributed by atoms with Crippen molar-refractivity contribution in [2.24, 2.45) is 7.05 Å². The molecule has 0 aliphatic carbocycles. The van der Waals surface area contributed by atoms with E-state index in [4.69, 9.17) is 4.74 Å². The molecule has 0 amide bonds. The maximum atomic E-state index is 5.62. The normalized spacial score (nSPS) is 10.6. The average Bonchev–Trinajstić information content (AvgIpc) is 2.73. The lowest BCUT2D eigenvalue weighted by Crippen LogP contribution is -2.07. The Labute approximate surface area is 128 Å². The van der Waals surface area contributed by atoms with E-state index in [1.54, 1.807) is 0 Å². The fraction of sp³-hybridized carbons (Fsp3) is 0.400. The van der Waals surface area contributed by atoms with Crippen molar-refractivity contribution in [2.75, 3.05) is 11.9 Å². The summed E-state index contributed by atoms with van der Waals surface area (Å²) in [5, 5.41) is 7.92. The minimum atomic E-state index is 0.661. The molecule has 0 bridgehead atoms. The van der Waals surface area contributed by atoms with Gasteiger partial charge in [-0.05, 0) is 41.4 Å². The summed E-state index contributed by atoms with van der Waals surface area (Å²) in [5.41, 5.74) is 3.22. The molecule has 1 aromatic carbocycles. The predicted molar refractivity (Wildman–Crippen MR) is 85.2 cm³/mol. The highest BCUT2D eigenvalue weighted by atomic mass is 79.9. The topological polar surface area (TPSA) is 39.1 Å². The van der Waals surface area contributed by atoms with Crippen LogP contribution in [0.1, 0.15) is 25.2 Å². The van der Waals surface area contributed by atoms with Gasteiger partial charge in [0.15, 0.2) is 0 Å². The third kappa shape index (κ3) is 3.15. The Hall–Kier alpha value is -1.49. The summed E-state index contributed by atoms with van der Waals surface area (Å²) in [7, 11) is 1.97. The smallest absolute Gasteiger partial charge is 0.142 e. The van der Waals surface area contributed by atoms with Crippen LogP contribution >= 0.6 is 15.9 Å². The molecular formula is C15H20BrN3O. The van der Waals surface area contributed by atoms with E-state index in [2.05, 4.69) is 33.3 Å². The van der Waals surface area contributed by atoms with Crippen molar-refractivity contribution in [1.82, 2.24) is 9.78 Å². The van der Waals surface area contributed by atoms with Gasteiger partial charge in [0.25, 0.3) is 0 Å². The molecule has 0 saturated heterocycles. The molecule has 5 heteroatoms. The van der Waals surface area contributed by atoms with Crippen LogP contribution in [0.4, 0.5) is 5.69 Å². The van der Waals surface area contributed by atoms with E-state index in [1.807, 2.05) is 42.9 Å². The Morgan fingerprint density at radius 2 is 2.05 bits per heavy atom. The highest BCUT2D eigenvalue weighted by Gasteiger charge is 2.12. The number of halogens is 1. The van der Waals surface area contributed by atoms with Gasteiger partial charge in [-0.1, -0.05) is 19.1 Å². The molecule has 4 nitrogen and oxygen atoms in total. The minimum absolute atomic E-state index is 0.661. The Balaban J connectivity index is 2.15. The van der Waals surface area contributed by atoms with Gasteiger partial charge in [0.1, 0.15) is 5.75 Å². The van der Waals surface area contributed by atoms with E-state index in [0.29, 0.717) is 13.2 Å². The molecule has 0 fully saturated rings. The number of hydrogen-bond donors (Lipinski definition) is 1. The first-order valence-electron chi connectivity index (χ1n) is 6.83. The maximum absolute atomic E-state index is 5.62. The first-order chi connectivity index (χ1) is 9.67.